The maximum atomic E-state index is 11.4. The van der Waals surface area contributed by atoms with E-state index in [9.17, 15) is 4.79 Å². The minimum atomic E-state index is -0.549. The fourth-order valence-corrected chi connectivity index (χ4v) is 1.71. The van der Waals surface area contributed by atoms with Gasteiger partial charge in [-0.25, -0.2) is 9.78 Å². The first-order valence-corrected chi connectivity index (χ1v) is 5.99. The molecule has 5 heteroatoms. The quantitative estimate of drug-likeness (QED) is 0.636. The van der Waals surface area contributed by atoms with Crippen LogP contribution in [0.15, 0.2) is 42.5 Å². The summed E-state index contributed by atoms with van der Waals surface area (Å²) in [5.41, 5.74) is 1.15. The Morgan fingerprint density at radius 1 is 1.26 bits per heavy atom. The van der Waals surface area contributed by atoms with E-state index in [0.29, 0.717) is 12.4 Å². The number of carbonyl (C=O) groups is 1. The van der Waals surface area contributed by atoms with Gasteiger partial charge in [0.1, 0.15) is 17.5 Å². The molecule has 0 bridgehead atoms. The molecular weight excluding hydrogens is 266 g/mol. The minimum absolute atomic E-state index is 0.123. The molecule has 0 spiro atoms. The highest BCUT2D eigenvalue weighted by atomic mass is 35.5. The monoisotopic (exact) mass is 277 g/mol. The molecular formula is C14H12ClNO3. The summed E-state index contributed by atoms with van der Waals surface area (Å²) in [4.78, 5) is 15.3. The van der Waals surface area contributed by atoms with E-state index in [0.717, 1.165) is 5.56 Å². The van der Waals surface area contributed by atoms with Crippen LogP contribution in [0, 0.1) is 0 Å². The molecule has 0 atom stereocenters. The number of hydrogen-bond acceptors (Lipinski definition) is 4. The van der Waals surface area contributed by atoms with E-state index in [-0.39, 0.29) is 10.8 Å². The average molecular weight is 278 g/mol. The number of nitrogens with zero attached hydrogens (tertiary/aromatic N) is 1. The van der Waals surface area contributed by atoms with Gasteiger partial charge in [0.15, 0.2) is 5.69 Å². The van der Waals surface area contributed by atoms with Gasteiger partial charge in [-0.2, -0.15) is 0 Å². The van der Waals surface area contributed by atoms with Crippen LogP contribution < -0.4 is 4.74 Å². The lowest BCUT2D eigenvalue weighted by molar-refractivity contribution is 0.0593. The van der Waals surface area contributed by atoms with Gasteiger partial charge < -0.3 is 9.47 Å². The van der Waals surface area contributed by atoms with Crippen molar-refractivity contribution in [2.45, 2.75) is 6.61 Å². The highest BCUT2D eigenvalue weighted by Gasteiger charge is 2.10. The molecule has 0 aliphatic carbocycles. The molecule has 0 saturated carbocycles. The fraction of sp³-hybridized carbons (Fsp3) is 0.143. The number of aromatic nitrogens is 1. The molecule has 0 aliphatic rings. The number of pyridine rings is 1. The average Bonchev–Trinajstić information content (AvgIpc) is 2.45. The zero-order chi connectivity index (χ0) is 13.7. The van der Waals surface area contributed by atoms with Crippen molar-refractivity contribution in [1.82, 2.24) is 4.98 Å². The van der Waals surface area contributed by atoms with Crippen LogP contribution in [0.1, 0.15) is 16.1 Å². The molecule has 0 N–H and O–H groups in total. The molecule has 2 aromatic rings. The van der Waals surface area contributed by atoms with Crippen LogP contribution in [-0.2, 0) is 11.3 Å². The second-order valence-corrected chi connectivity index (χ2v) is 4.16. The van der Waals surface area contributed by atoms with E-state index in [2.05, 4.69) is 9.72 Å². The van der Waals surface area contributed by atoms with E-state index < -0.39 is 5.97 Å². The molecule has 1 heterocycles. The first kappa shape index (κ1) is 13.4. The number of benzene rings is 1. The molecule has 1 aromatic heterocycles. The van der Waals surface area contributed by atoms with E-state index in [1.165, 1.54) is 13.2 Å². The van der Waals surface area contributed by atoms with Crippen LogP contribution in [0.3, 0.4) is 0 Å². The lowest BCUT2D eigenvalue weighted by atomic mass is 10.2. The summed E-state index contributed by atoms with van der Waals surface area (Å²) in [6.45, 7) is 0.391. The molecule has 0 amide bonds. The van der Waals surface area contributed by atoms with Crippen molar-refractivity contribution < 1.29 is 14.3 Å². The van der Waals surface area contributed by atoms with Crippen molar-refractivity contribution in [3.05, 3.63) is 58.9 Å². The Bertz CT molecular complexity index is 572. The molecule has 0 unspecified atom stereocenters. The summed E-state index contributed by atoms with van der Waals surface area (Å²) >= 11 is 5.83. The third kappa shape index (κ3) is 3.69. The fourth-order valence-electron chi connectivity index (χ4n) is 1.51. The molecule has 19 heavy (non-hydrogen) atoms. The SMILES string of the molecule is COC(=O)c1cc(OCc2ccccc2)cc(Cl)n1. The molecule has 98 valence electrons. The minimum Gasteiger partial charge on any atom is -0.489 e. The van der Waals surface area contributed by atoms with Crippen LogP contribution in [0.2, 0.25) is 5.15 Å². The number of hydrogen-bond donors (Lipinski definition) is 0. The van der Waals surface area contributed by atoms with Crippen LogP contribution >= 0.6 is 11.6 Å². The number of carbonyl (C=O) groups excluding carboxylic acids is 1. The van der Waals surface area contributed by atoms with Crippen molar-refractivity contribution >= 4 is 17.6 Å². The summed E-state index contributed by atoms with van der Waals surface area (Å²) < 4.78 is 10.2. The Morgan fingerprint density at radius 3 is 2.68 bits per heavy atom. The predicted octanol–water partition coefficient (Wildman–Crippen LogP) is 3.10. The Kier molecular flexibility index (Phi) is 4.36. The first-order chi connectivity index (χ1) is 9.19. The number of esters is 1. The van der Waals surface area contributed by atoms with E-state index in [1.807, 2.05) is 30.3 Å². The third-order valence-electron chi connectivity index (χ3n) is 2.41. The molecule has 0 saturated heterocycles. The van der Waals surface area contributed by atoms with E-state index >= 15 is 0 Å². The second-order valence-electron chi connectivity index (χ2n) is 3.78. The van der Waals surface area contributed by atoms with E-state index in [1.54, 1.807) is 6.07 Å². The highest BCUT2D eigenvalue weighted by molar-refractivity contribution is 6.29. The molecule has 4 nitrogen and oxygen atoms in total. The van der Waals surface area contributed by atoms with Crippen LogP contribution in [-0.4, -0.2) is 18.1 Å². The lowest BCUT2D eigenvalue weighted by Crippen LogP contribution is -2.05. The normalized spacial score (nSPS) is 10.0. The number of rotatable bonds is 4. The maximum absolute atomic E-state index is 11.4. The Labute approximate surface area is 115 Å². The summed E-state index contributed by atoms with van der Waals surface area (Å²) in [6, 6.07) is 12.7. The first-order valence-electron chi connectivity index (χ1n) is 5.61. The van der Waals surface area contributed by atoms with Gasteiger partial charge in [0.25, 0.3) is 0 Å². The summed E-state index contributed by atoms with van der Waals surface area (Å²) in [5.74, 6) is -0.0729. The third-order valence-corrected chi connectivity index (χ3v) is 2.60. The maximum Gasteiger partial charge on any atom is 0.356 e. The zero-order valence-corrected chi connectivity index (χ0v) is 11.1. The van der Waals surface area contributed by atoms with Crippen molar-refractivity contribution in [1.29, 1.82) is 0 Å². The van der Waals surface area contributed by atoms with Crippen LogP contribution in [0.4, 0.5) is 0 Å². The summed E-state index contributed by atoms with van der Waals surface area (Å²) in [5, 5.41) is 0.186. The molecule has 0 aliphatic heterocycles. The Balaban J connectivity index is 2.12. The summed E-state index contributed by atoms with van der Waals surface area (Å²) in [6.07, 6.45) is 0. The van der Waals surface area contributed by atoms with Gasteiger partial charge in [0, 0.05) is 12.1 Å². The van der Waals surface area contributed by atoms with Gasteiger partial charge in [-0.1, -0.05) is 41.9 Å². The van der Waals surface area contributed by atoms with Gasteiger partial charge in [-0.3, -0.25) is 0 Å². The molecule has 1 aromatic carbocycles. The largest absolute Gasteiger partial charge is 0.489 e. The van der Waals surface area contributed by atoms with Gasteiger partial charge in [0.2, 0.25) is 0 Å². The van der Waals surface area contributed by atoms with Crippen molar-refractivity contribution in [2.75, 3.05) is 7.11 Å². The smallest absolute Gasteiger partial charge is 0.356 e. The predicted molar refractivity (Wildman–Crippen MR) is 71.4 cm³/mol. The number of ether oxygens (including phenoxy) is 2. The summed E-state index contributed by atoms with van der Waals surface area (Å²) in [7, 11) is 1.29. The molecule has 2 rings (SSSR count). The van der Waals surface area contributed by atoms with Crippen LogP contribution in [0.25, 0.3) is 0 Å². The standard InChI is InChI=1S/C14H12ClNO3/c1-18-14(17)12-7-11(8-13(15)16-12)19-9-10-5-3-2-4-6-10/h2-8H,9H2,1H3. The van der Waals surface area contributed by atoms with Crippen molar-refractivity contribution in [2.24, 2.45) is 0 Å². The Hall–Kier alpha value is -2.07. The Morgan fingerprint density at radius 2 is 2.00 bits per heavy atom. The number of methoxy groups -OCH3 is 1. The van der Waals surface area contributed by atoms with Gasteiger partial charge >= 0.3 is 5.97 Å². The van der Waals surface area contributed by atoms with Crippen molar-refractivity contribution in [3.8, 4) is 5.75 Å². The molecule has 0 fully saturated rings. The van der Waals surface area contributed by atoms with Crippen molar-refractivity contribution in [3.63, 3.8) is 0 Å². The number of halogens is 1. The lowest BCUT2D eigenvalue weighted by Gasteiger charge is -2.08. The van der Waals surface area contributed by atoms with Crippen LogP contribution in [0.5, 0.6) is 5.75 Å². The van der Waals surface area contributed by atoms with Gasteiger partial charge in [-0.05, 0) is 5.56 Å². The molecule has 0 radical (unpaired) electrons. The highest BCUT2D eigenvalue weighted by Crippen LogP contribution is 2.19. The second kappa shape index (κ2) is 6.20. The van der Waals surface area contributed by atoms with Gasteiger partial charge in [0.05, 0.1) is 7.11 Å². The van der Waals surface area contributed by atoms with E-state index in [4.69, 9.17) is 16.3 Å². The zero-order valence-electron chi connectivity index (χ0n) is 10.3. The van der Waals surface area contributed by atoms with Gasteiger partial charge in [-0.15, -0.1) is 0 Å². The topological polar surface area (TPSA) is 48.4 Å².